The van der Waals surface area contributed by atoms with E-state index in [1.165, 1.54) is 7.11 Å². The third kappa shape index (κ3) is 3.49. The number of rotatable bonds is 6. The van der Waals surface area contributed by atoms with Gasteiger partial charge in [0.05, 0.1) is 18.9 Å². The summed E-state index contributed by atoms with van der Waals surface area (Å²) >= 11 is 0. The Balaban J connectivity index is 1.94. The molecule has 0 bridgehead atoms. The highest BCUT2D eigenvalue weighted by atomic mass is 16.5. The summed E-state index contributed by atoms with van der Waals surface area (Å²) < 4.78 is 12.1. The molecule has 3 aromatic rings. The van der Waals surface area contributed by atoms with Gasteiger partial charge in [0.2, 0.25) is 0 Å². The first-order valence-electron chi connectivity index (χ1n) is 8.50. The first-order chi connectivity index (χ1) is 12.5. The second kappa shape index (κ2) is 7.47. The molecule has 0 spiro atoms. The van der Waals surface area contributed by atoms with E-state index >= 15 is 0 Å². The average Bonchev–Trinajstić information content (AvgIpc) is 3.22. The molecule has 1 atom stereocenters. The van der Waals surface area contributed by atoms with Crippen LogP contribution in [0, 0.1) is 5.92 Å². The van der Waals surface area contributed by atoms with E-state index in [9.17, 15) is 9.59 Å². The van der Waals surface area contributed by atoms with Crippen LogP contribution in [0.5, 0.6) is 0 Å². The van der Waals surface area contributed by atoms with Gasteiger partial charge in [0.15, 0.2) is 5.58 Å². The number of methoxy groups -OCH3 is 1. The van der Waals surface area contributed by atoms with Crippen molar-refractivity contribution in [3.05, 3.63) is 60.0 Å². The van der Waals surface area contributed by atoms with Crippen LogP contribution in [-0.2, 0) is 16.1 Å². The Kier molecular flexibility index (Phi) is 5.11. The molecule has 0 aliphatic rings. The lowest BCUT2D eigenvalue weighted by atomic mass is 10.0. The number of nitrogens with one attached hydrogen (secondary N) is 1. The zero-order valence-electron chi connectivity index (χ0n) is 15.1. The Bertz CT molecular complexity index is 908. The number of benzene rings is 1. The summed E-state index contributed by atoms with van der Waals surface area (Å²) in [6.07, 6.45) is 1.60. The number of carbonyl (C=O) groups is 2. The maximum Gasteiger partial charge on any atom is 0.328 e. The fourth-order valence-corrected chi connectivity index (χ4v) is 2.94. The molecule has 0 radical (unpaired) electrons. The molecule has 0 aliphatic heterocycles. The lowest BCUT2D eigenvalue weighted by molar-refractivity contribution is -0.144. The number of hydrogen-bond acceptors (Lipinski definition) is 4. The summed E-state index contributed by atoms with van der Waals surface area (Å²) in [4.78, 5) is 24.8. The van der Waals surface area contributed by atoms with Gasteiger partial charge >= 0.3 is 5.97 Å². The van der Waals surface area contributed by atoms with E-state index in [1.807, 2.05) is 54.8 Å². The summed E-state index contributed by atoms with van der Waals surface area (Å²) in [5.41, 5.74) is 2.97. The van der Waals surface area contributed by atoms with Crippen LogP contribution in [0.2, 0.25) is 0 Å². The van der Waals surface area contributed by atoms with Crippen molar-refractivity contribution in [1.29, 1.82) is 0 Å². The number of furan rings is 1. The molecule has 1 amide bonds. The van der Waals surface area contributed by atoms with Crippen molar-refractivity contribution < 1.29 is 18.7 Å². The molecule has 1 aromatic carbocycles. The summed E-state index contributed by atoms with van der Waals surface area (Å²) in [5, 5.41) is 2.78. The van der Waals surface area contributed by atoms with Crippen molar-refractivity contribution in [3.63, 3.8) is 0 Å². The molecule has 26 heavy (non-hydrogen) atoms. The Hall–Kier alpha value is -3.02. The van der Waals surface area contributed by atoms with Gasteiger partial charge in [-0.3, -0.25) is 4.79 Å². The number of aromatic nitrogens is 1. The molecule has 3 rings (SSSR count). The van der Waals surface area contributed by atoms with E-state index < -0.39 is 12.0 Å². The highest BCUT2D eigenvalue weighted by molar-refractivity contribution is 5.99. The van der Waals surface area contributed by atoms with Crippen LogP contribution in [0.1, 0.15) is 29.9 Å². The molecular weight excluding hydrogens is 332 g/mol. The maximum absolute atomic E-state index is 12.9. The Morgan fingerprint density at radius 2 is 1.92 bits per heavy atom. The van der Waals surface area contributed by atoms with Gasteiger partial charge in [-0.1, -0.05) is 44.2 Å². The lowest BCUT2D eigenvalue weighted by Crippen LogP contribution is -2.45. The van der Waals surface area contributed by atoms with Gasteiger partial charge in [0, 0.05) is 18.7 Å². The molecule has 6 heteroatoms. The van der Waals surface area contributed by atoms with Gasteiger partial charge in [0.1, 0.15) is 11.7 Å². The number of nitrogens with zero attached hydrogens (tertiary/aromatic N) is 1. The highest BCUT2D eigenvalue weighted by Gasteiger charge is 2.27. The monoisotopic (exact) mass is 354 g/mol. The maximum atomic E-state index is 12.9. The minimum atomic E-state index is -0.709. The molecule has 0 saturated heterocycles. The van der Waals surface area contributed by atoms with Crippen LogP contribution in [0.15, 0.2) is 53.1 Å². The largest absolute Gasteiger partial charge is 0.467 e. The van der Waals surface area contributed by atoms with Crippen LogP contribution in [0.3, 0.4) is 0 Å². The number of fused-ring (bicyclic) bond motifs is 1. The first kappa shape index (κ1) is 17.8. The van der Waals surface area contributed by atoms with Crippen molar-refractivity contribution in [2.24, 2.45) is 5.92 Å². The van der Waals surface area contributed by atoms with Crippen LogP contribution in [-0.4, -0.2) is 29.6 Å². The minimum Gasteiger partial charge on any atom is -0.467 e. The predicted molar refractivity (Wildman–Crippen MR) is 97.9 cm³/mol. The summed E-state index contributed by atoms with van der Waals surface area (Å²) in [6, 6.07) is 12.7. The van der Waals surface area contributed by atoms with Crippen molar-refractivity contribution in [2.75, 3.05) is 7.11 Å². The standard InChI is InChI=1S/C20H22N2O4/c1-13(2)18(20(24)25-3)21-19(23)16-11-17-15(9-10-26-17)22(16)12-14-7-5-4-6-8-14/h4-11,13,18H,12H2,1-3H3,(H,21,23)/t18-/m1/s1. The van der Waals surface area contributed by atoms with Gasteiger partial charge in [-0.05, 0) is 11.5 Å². The summed E-state index contributed by atoms with van der Waals surface area (Å²) in [5.74, 6) is -0.887. The zero-order chi connectivity index (χ0) is 18.7. The fourth-order valence-electron chi connectivity index (χ4n) is 2.94. The van der Waals surface area contributed by atoms with Gasteiger partial charge in [0.25, 0.3) is 5.91 Å². The third-order valence-corrected chi connectivity index (χ3v) is 4.35. The van der Waals surface area contributed by atoms with E-state index in [0.717, 1.165) is 11.1 Å². The number of esters is 1. The van der Waals surface area contributed by atoms with Crippen molar-refractivity contribution >= 4 is 23.0 Å². The van der Waals surface area contributed by atoms with E-state index in [-0.39, 0.29) is 11.8 Å². The van der Waals surface area contributed by atoms with Crippen molar-refractivity contribution in [2.45, 2.75) is 26.4 Å². The molecule has 0 saturated carbocycles. The van der Waals surface area contributed by atoms with Crippen molar-refractivity contribution in [3.8, 4) is 0 Å². The molecule has 6 nitrogen and oxygen atoms in total. The molecule has 2 heterocycles. The SMILES string of the molecule is COC(=O)[C@H](NC(=O)c1cc2occc2n1Cc1ccccc1)C(C)C. The van der Waals surface area contributed by atoms with Crippen LogP contribution >= 0.6 is 0 Å². The average molecular weight is 354 g/mol. The van der Waals surface area contributed by atoms with Crippen LogP contribution < -0.4 is 5.32 Å². The highest BCUT2D eigenvalue weighted by Crippen LogP contribution is 2.23. The van der Waals surface area contributed by atoms with Gasteiger partial charge < -0.3 is 19.0 Å². The zero-order valence-corrected chi connectivity index (χ0v) is 15.1. The van der Waals surface area contributed by atoms with Crippen LogP contribution in [0.25, 0.3) is 11.1 Å². The van der Waals surface area contributed by atoms with Gasteiger partial charge in [-0.2, -0.15) is 0 Å². The second-order valence-electron chi connectivity index (χ2n) is 6.49. The Morgan fingerprint density at radius 1 is 1.19 bits per heavy atom. The normalized spacial score (nSPS) is 12.3. The molecule has 0 unspecified atom stereocenters. The lowest BCUT2D eigenvalue weighted by Gasteiger charge is -2.20. The molecular formula is C20H22N2O4. The van der Waals surface area contributed by atoms with E-state index in [2.05, 4.69) is 5.32 Å². The second-order valence-corrected chi connectivity index (χ2v) is 6.49. The van der Waals surface area contributed by atoms with Crippen LogP contribution in [0.4, 0.5) is 0 Å². The number of hydrogen-bond donors (Lipinski definition) is 1. The third-order valence-electron chi connectivity index (χ3n) is 4.35. The van der Waals surface area contributed by atoms with E-state index in [0.29, 0.717) is 17.8 Å². The summed E-state index contributed by atoms with van der Waals surface area (Å²) in [6.45, 7) is 4.24. The molecule has 2 aromatic heterocycles. The Labute approximate surface area is 151 Å². The quantitative estimate of drug-likeness (QED) is 0.690. The molecule has 0 fully saturated rings. The summed E-state index contributed by atoms with van der Waals surface area (Å²) in [7, 11) is 1.31. The minimum absolute atomic E-state index is 0.0908. The molecule has 1 N–H and O–H groups in total. The smallest absolute Gasteiger partial charge is 0.328 e. The number of carbonyl (C=O) groups excluding carboxylic acids is 2. The van der Waals surface area contributed by atoms with E-state index in [4.69, 9.17) is 9.15 Å². The topological polar surface area (TPSA) is 73.5 Å². The number of amides is 1. The first-order valence-corrected chi connectivity index (χ1v) is 8.50. The van der Waals surface area contributed by atoms with Gasteiger partial charge in [-0.25, -0.2) is 4.79 Å². The van der Waals surface area contributed by atoms with E-state index in [1.54, 1.807) is 12.3 Å². The Morgan fingerprint density at radius 3 is 2.58 bits per heavy atom. The fraction of sp³-hybridized carbons (Fsp3) is 0.300. The predicted octanol–water partition coefficient (Wildman–Crippen LogP) is 3.21. The molecule has 0 aliphatic carbocycles. The number of ether oxygens (including phenoxy) is 1. The van der Waals surface area contributed by atoms with Crippen molar-refractivity contribution in [1.82, 2.24) is 9.88 Å². The molecule has 136 valence electrons. The van der Waals surface area contributed by atoms with Gasteiger partial charge in [-0.15, -0.1) is 0 Å².